The number of para-hydroxylation sites is 1. The first kappa shape index (κ1) is 26.9. The number of carbonyl (C=O) groups is 1. The number of benzene rings is 2. The van der Waals surface area contributed by atoms with Gasteiger partial charge < -0.3 is 14.7 Å². The molecule has 0 aliphatic carbocycles. The van der Waals surface area contributed by atoms with Gasteiger partial charge in [-0.05, 0) is 55.2 Å². The van der Waals surface area contributed by atoms with Gasteiger partial charge in [-0.1, -0.05) is 62.4 Å². The van der Waals surface area contributed by atoms with E-state index in [-0.39, 0.29) is 17.8 Å². The Morgan fingerprint density at radius 3 is 2.62 bits per heavy atom. The maximum atomic E-state index is 14.9. The van der Waals surface area contributed by atoms with Crippen molar-refractivity contribution in [3.05, 3.63) is 89.2 Å². The normalized spacial score (nSPS) is 17.2. The predicted molar refractivity (Wildman–Crippen MR) is 156 cm³/mol. The fourth-order valence-corrected chi connectivity index (χ4v) is 5.66. The summed E-state index contributed by atoms with van der Waals surface area (Å²) in [6.45, 7) is 12.2. The fraction of sp³-hybridized carbons (Fsp3) is 0.323. The number of amidine groups is 1. The lowest BCUT2D eigenvalue weighted by molar-refractivity contribution is -0.128. The molecule has 0 saturated carbocycles. The summed E-state index contributed by atoms with van der Waals surface area (Å²) in [4.78, 5) is 28.4. The van der Waals surface area contributed by atoms with Crippen LogP contribution >= 0.6 is 11.6 Å². The predicted octanol–water partition coefficient (Wildman–Crippen LogP) is 6.31. The van der Waals surface area contributed by atoms with Gasteiger partial charge in [0.05, 0.1) is 16.3 Å². The Morgan fingerprint density at radius 2 is 1.90 bits per heavy atom. The van der Waals surface area contributed by atoms with Crippen LogP contribution in [0.3, 0.4) is 0 Å². The molecule has 0 spiro atoms. The first-order valence-corrected chi connectivity index (χ1v) is 13.7. The number of aliphatic imine (C=N–C) groups is 1. The van der Waals surface area contributed by atoms with Gasteiger partial charge in [0, 0.05) is 36.9 Å². The van der Waals surface area contributed by atoms with E-state index >= 15 is 0 Å². The van der Waals surface area contributed by atoms with Crippen LogP contribution in [0, 0.1) is 11.7 Å². The minimum Gasteiger partial charge on any atom is -0.350 e. The molecule has 202 valence electrons. The van der Waals surface area contributed by atoms with E-state index in [0.717, 1.165) is 23.5 Å². The number of nitrogens with zero attached hydrogens (tertiary/aromatic N) is 5. The van der Waals surface area contributed by atoms with Crippen LogP contribution in [-0.4, -0.2) is 58.9 Å². The van der Waals surface area contributed by atoms with Crippen LogP contribution in [0.5, 0.6) is 0 Å². The Labute approximate surface area is 234 Å². The van der Waals surface area contributed by atoms with Crippen LogP contribution in [0.15, 0.2) is 72.2 Å². The monoisotopic (exact) mass is 545 g/mol. The molecule has 0 N–H and O–H groups in total. The number of piperazine rings is 1. The Morgan fingerprint density at radius 1 is 1.15 bits per heavy atom. The molecule has 2 aliphatic heterocycles. The average Bonchev–Trinajstić information content (AvgIpc) is 2.92. The molecule has 0 bridgehead atoms. The van der Waals surface area contributed by atoms with E-state index in [1.807, 2.05) is 18.2 Å². The third kappa shape index (κ3) is 5.28. The van der Waals surface area contributed by atoms with E-state index < -0.39 is 0 Å². The zero-order valence-corrected chi connectivity index (χ0v) is 23.3. The van der Waals surface area contributed by atoms with Crippen LogP contribution in [0.2, 0.25) is 5.02 Å². The maximum Gasteiger partial charge on any atom is 0.246 e. The molecule has 5 rings (SSSR count). The number of fused-ring (bicyclic) bond motifs is 1. The third-order valence-corrected chi connectivity index (χ3v) is 7.53. The van der Waals surface area contributed by atoms with Crippen molar-refractivity contribution < 1.29 is 9.18 Å². The van der Waals surface area contributed by atoms with Gasteiger partial charge in [0.1, 0.15) is 24.1 Å². The number of aromatic nitrogens is 1. The highest BCUT2D eigenvalue weighted by Gasteiger charge is 2.34. The van der Waals surface area contributed by atoms with Gasteiger partial charge in [0.25, 0.3) is 0 Å². The molecule has 2 aliphatic rings. The minimum absolute atomic E-state index is 0.0269. The lowest BCUT2D eigenvalue weighted by atomic mass is 10.00. The van der Waals surface area contributed by atoms with Gasteiger partial charge in [-0.2, -0.15) is 0 Å². The second-order valence-electron chi connectivity index (χ2n) is 10.5. The largest absolute Gasteiger partial charge is 0.350 e. The van der Waals surface area contributed by atoms with E-state index in [1.165, 1.54) is 17.7 Å². The van der Waals surface area contributed by atoms with Crippen molar-refractivity contribution in [2.45, 2.75) is 33.2 Å². The Bertz CT molecular complexity index is 1440. The number of carbonyl (C=O) groups excluding carboxylic acids is 1. The van der Waals surface area contributed by atoms with E-state index in [2.05, 4.69) is 49.3 Å². The van der Waals surface area contributed by atoms with Crippen molar-refractivity contribution in [2.75, 3.05) is 31.2 Å². The number of amides is 1. The molecule has 3 heterocycles. The Hall–Kier alpha value is -3.71. The summed E-state index contributed by atoms with van der Waals surface area (Å²) in [6, 6.07) is 16.7. The van der Waals surface area contributed by atoms with Gasteiger partial charge in [-0.25, -0.2) is 14.4 Å². The molecule has 2 aromatic carbocycles. The molecule has 0 radical (unpaired) electrons. The summed E-state index contributed by atoms with van der Waals surface area (Å²) in [5.41, 5.74) is 3.77. The molecule has 8 heteroatoms. The molecule has 1 saturated heterocycles. The zero-order chi connectivity index (χ0) is 27.7. The Kier molecular flexibility index (Phi) is 7.71. The van der Waals surface area contributed by atoms with Crippen LogP contribution in [-0.2, 0) is 11.2 Å². The third-order valence-electron chi connectivity index (χ3n) is 7.24. The smallest absolute Gasteiger partial charge is 0.246 e. The molecule has 1 aromatic heterocycles. The first-order chi connectivity index (χ1) is 18.8. The van der Waals surface area contributed by atoms with E-state index in [9.17, 15) is 9.18 Å². The maximum absolute atomic E-state index is 14.9. The Balaban J connectivity index is 1.62. The van der Waals surface area contributed by atoms with Gasteiger partial charge in [-0.3, -0.25) is 4.79 Å². The van der Waals surface area contributed by atoms with Crippen molar-refractivity contribution in [3.63, 3.8) is 0 Å². The number of hydrogen-bond donors (Lipinski definition) is 0. The molecule has 1 atom stereocenters. The van der Waals surface area contributed by atoms with Crippen LogP contribution < -0.4 is 4.90 Å². The molecule has 1 amide bonds. The van der Waals surface area contributed by atoms with Crippen molar-refractivity contribution in [3.8, 4) is 11.3 Å². The van der Waals surface area contributed by atoms with Crippen LogP contribution in [0.1, 0.15) is 31.9 Å². The van der Waals surface area contributed by atoms with Crippen molar-refractivity contribution >= 4 is 34.8 Å². The van der Waals surface area contributed by atoms with E-state index in [4.69, 9.17) is 21.6 Å². The minimum atomic E-state index is -0.375. The van der Waals surface area contributed by atoms with Gasteiger partial charge in [0.2, 0.25) is 5.91 Å². The molecule has 39 heavy (non-hydrogen) atoms. The molecule has 1 unspecified atom stereocenters. The van der Waals surface area contributed by atoms with Crippen molar-refractivity contribution in [2.24, 2.45) is 10.9 Å². The van der Waals surface area contributed by atoms with Crippen molar-refractivity contribution in [1.29, 1.82) is 0 Å². The second-order valence-corrected chi connectivity index (χ2v) is 10.9. The molecule has 1 fully saturated rings. The number of rotatable bonds is 5. The summed E-state index contributed by atoms with van der Waals surface area (Å²) in [5.74, 6) is 1.50. The van der Waals surface area contributed by atoms with E-state index in [0.29, 0.717) is 54.3 Å². The summed E-state index contributed by atoms with van der Waals surface area (Å²) in [5, 5.41) is 0.358. The highest BCUT2D eigenvalue weighted by molar-refractivity contribution is 6.33. The van der Waals surface area contributed by atoms with Crippen LogP contribution in [0.25, 0.3) is 11.3 Å². The topological polar surface area (TPSA) is 52.0 Å². The number of anilines is 2. The SMILES string of the molecule is C=CC(=O)N1CCN(C2=NCN(c3ccccc3CC(C)C)c3nc(-c4ccccc4F)c(Cl)cc32)C(C)C1. The lowest BCUT2D eigenvalue weighted by Gasteiger charge is -2.43. The number of hydrogen-bond acceptors (Lipinski definition) is 5. The van der Waals surface area contributed by atoms with Gasteiger partial charge in [-0.15, -0.1) is 0 Å². The summed E-state index contributed by atoms with van der Waals surface area (Å²) in [6.07, 6.45) is 2.26. The van der Waals surface area contributed by atoms with Crippen molar-refractivity contribution in [1.82, 2.24) is 14.8 Å². The lowest BCUT2D eigenvalue weighted by Crippen LogP contribution is -2.56. The average molecular weight is 546 g/mol. The standard InChI is InChI=1S/C31H33ClFN5O/c1-5-28(39)36-14-15-37(21(4)18-36)30-24-17-25(32)29(23-11-7-8-12-26(23)33)35-31(24)38(19-34-30)27-13-9-6-10-22(27)16-20(2)3/h5-13,17,20-21H,1,14-16,18-19H2,2-4H3. The van der Waals surface area contributed by atoms with E-state index in [1.54, 1.807) is 23.1 Å². The molecule has 6 nitrogen and oxygen atoms in total. The van der Waals surface area contributed by atoms with Crippen LogP contribution in [0.4, 0.5) is 15.9 Å². The zero-order valence-electron chi connectivity index (χ0n) is 22.6. The highest BCUT2D eigenvalue weighted by Crippen LogP contribution is 2.39. The molecule has 3 aromatic rings. The summed E-state index contributed by atoms with van der Waals surface area (Å²) in [7, 11) is 0. The van der Waals surface area contributed by atoms with Gasteiger partial charge in [0.15, 0.2) is 0 Å². The fourth-order valence-electron chi connectivity index (χ4n) is 5.41. The summed E-state index contributed by atoms with van der Waals surface area (Å²) >= 11 is 6.80. The quantitative estimate of drug-likeness (QED) is 0.352. The second kappa shape index (κ2) is 11.2. The highest BCUT2D eigenvalue weighted by atomic mass is 35.5. The first-order valence-electron chi connectivity index (χ1n) is 13.3. The molecular formula is C31H33ClFN5O. The molecular weight excluding hydrogens is 513 g/mol. The van der Waals surface area contributed by atoms with Gasteiger partial charge >= 0.3 is 0 Å². The summed E-state index contributed by atoms with van der Waals surface area (Å²) < 4.78 is 14.9. The number of halogens is 2. The number of pyridine rings is 1.